The van der Waals surface area contributed by atoms with E-state index in [1.165, 1.54) is 0 Å². The van der Waals surface area contributed by atoms with Crippen LogP contribution < -0.4 is 15.5 Å². The second kappa shape index (κ2) is 9.30. The van der Waals surface area contributed by atoms with Crippen LogP contribution in [0, 0.1) is 20.8 Å². The number of benzene rings is 3. The SMILES string of the molecule is Cc1ccc(C)c(NC(=O)COc2c(-c3ccc(Cl)cc3)oc3cc(C)c(Cl)cc3c2=O)c1. The van der Waals surface area contributed by atoms with Crippen molar-refractivity contribution in [2.24, 2.45) is 0 Å². The number of fused-ring (bicyclic) bond motifs is 1. The molecule has 0 spiro atoms. The molecule has 0 saturated carbocycles. The van der Waals surface area contributed by atoms with Crippen molar-refractivity contribution in [1.29, 1.82) is 0 Å². The molecule has 1 heterocycles. The van der Waals surface area contributed by atoms with Gasteiger partial charge >= 0.3 is 0 Å². The molecule has 1 aromatic heterocycles. The molecule has 0 aliphatic carbocycles. The van der Waals surface area contributed by atoms with E-state index in [9.17, 15) is 9.59 Å². The highest BCUT2D eigenvalue weighted by Crippen LogP contribution is 2.33. The highest BCUT2D eigenvalue weighted by molar-refractivity contribution is 6.32. The number of anilines is 1. The van der Waals surface area contributed by atoms with Gasteiger partial charge in [-0.25, -0.2) is 0 Å². The van der Waals surface area contributed by atoms with Crippen molar-refractivity contribution in [3.63, 3.8) is 0 Å². The van der Waals surface area contributed by atoms with E-state index in [0.717, 1.165) is 16.7 Å². The summed E-state index contributed by atoms with van der Waals surface area (Å²) in [5.41, 5.74) is 3.96. The monoisotopic (exact) mass is 481 g/mol. The lowest BCUT2D eigenvalue weighted by Crippen LogP contribution is -2.23. The maximum atomic E-state index is 13.3. The maximum Gasteiger partial charge on any atom is 0.262 e. The van der Waals surface area contributed by atoms with Crippen LogP contribution in [0.25, 0.3) is 22.3 Å². The number of hydrogen-bond donors (Lipinski definition) is 1. The summed E-state index contributed by atoms with van der Waals surface area (Å²) < 4.78 is 11.8. The fourth-order valence-corrected chi connectivity index (χ4v) is 3.71. The third-order valence-electron chi connectivity index (χ3n) is 5.25. The van der Waals surface area contributed by atoms with E-state index >= 15 is 0 Å². The van der Waals surface area contributed by atoms with E-state index < -0.39 is 11.3 Å². The molecule has 1 N–H and O–H groups in total. The van der Waals surface area contributed by atoms with Crippen molar-refractivity contribution in [3.05, 3.63) is 91.6 Å². The predicted molar refractivity (Wildman–Crippen MR) is 133 cm³/mol. The van der Waals surface area contributed by atoms with Gasteiger partial charge in [-0.3, -0.25) is 9.59 Å². The van der Waals surface area contributed by atoms with Crippen LogP contribution in [0.3, 0.4) is 0 Å². The summed E-state index contributed by atoms with van der Waals surface area (Å²) in [5, 5.41) is 4.08. The Morgan fingerprint density at radius 2 is 1.70 bits per heavy atom. The van der Waals surface area contributed by atoms with E-state index in [2.05, 4.69) is 5.32 Å². The van der Waals surface area contributed by atoms with Crippen LogP contribution >= 0.6 is 23.2 Å². The zero-order chi connectivity index (χ0) is 23.7. The molecule has 33 heavy (non-hydrogen) atoms. The van der Waals surface area contributed by atoms with Gasteiger partial charge in [0.2, 0.25) is 11.2 Å². The van der Waals surface area contributed by atoms with Crippen molar-refractivity contribution in [2.75, 3.05) is 11.9 Å². The molecule has 0 aliphatic heterocycles. The maximum absolute atomic E-state index is 13.3. The van der Waals surface area contributed by atoms with E-state index in [-0.39, 0.29) is 23.5 Å². The third kappa shape index (κ3) is 4.90. The summed E-state index contributed by atoms with van der Waals surface area (Å²) in [5.74, 6) is -0.251. The molecule has 0 aliphatic rings. The summed E-state index contributed by atoms with van der Waals surface area (Å²) in [7, 11) is 0. The number of carbonyl (C=O) groups is 1. The molecule has 0 radical (unpaired) electrons. The number of halogens is 2. The standard InChI is InChI=1S/C26H21Cl2NO4/c1-14-4-5-15(2)21(10-14)29-23(30)13-32-26-24(31)19-12-20(28)16(3)11-22(19)33-25(26)17-6-8-18(27)9-7-17/h4-12H,13H2,1-3H3,(H,29,30). The Kier molecular flexibility index (Phi) is 6.45. The topological polar surface area (TPSA) is 68.5 Å². The van der Waals surface area contributed by atoms with Crippen molar-refractivity contribution < 1.29 is 13.9 Å². The third-order valence-corrected chi connectivity index (χ3v) is 5.91. The lowest BCUT2D eigenvalue weighted by atomic mass is 10.1. The van der Waals surface area contributed by atoms with Gasteiger partial charge in [0.1, 0.15) is 5.58 Å². The summed E-state index contributed by atoms with van der Waals surface area (Å²) >= 11 is 12.2. The van der Waals surface area contributed by atoms with Crippen LogP contribution in [0.2, 0.25) is 10.0 Å². The Labute approximate surface area is 200 Å². The van der Waals surface area contributed by atoms with Crippen LogP contribution in [0.1, 0.15) is 16.7 Å². The average molecular weight is 482 g/mol. The molecule has 0 unspecified atom stereocenters. The molecule has 4 aromatic rings. The van der Waals surface area contributed by atoms with Gasteiger partial charge in [-0.15, -0.1) is 0 Å². The quantitative estimate of drug-likeness (QED) is 0.343. The van der Waals surface area contributed by atoms with Gasteiger partial charge in [-0.1, -0.05) is 35.3 Å². The number of carbonyl (C=O) groups excluding carboxylic acids is 1. The Hall–Kier alpha value is -3.28. The first-order valence-electron chi connectivity index (χ1n) is 10.3. The molecule has 0 atom stereocenters. The number of ether oxygens (including phenoxy) is 1. The molecular formula is C26H21Cl2NO4. The summed E-state index contributed by atoms with van der Waals surface area (Å²) in [6.45, 7) is 5.30. The van der Waals surface area contributed by atoms with Gasteiger partial charge < -0.3 is 14.5 Å². The first-order chi connectivity index (χ1) is 15.7. The van der Waals surface area contributed by atoms with Gasteiger partial charge in [-0.2, -0.15) is 0 Å². The second-order valence-electron chi connectivity index (χ2n) is 7.85. The summed E-state index contributed by atoms with van der Waals surface area (Å²) in [4.78, 5) is 25.9. The van der Waals surface area contributed by atoms with Gasteiger partial charge in [-0.05, 0) is 79.9 Å². The Bertz CT molecular complexity index is 1430. The molecular weight excluding hydrogens is 461 g/mol. The molecule has 168 valence electrons. The van der Waals surface area contributed by atoms with E-state index in [4.69, 9.17) is 32.4 Å². The fourth-order valence-electron chi connectivity index (χ4n) is 3.42. The van der Waals surface area contributed by atoms with E-state index in [1.807, 2.05) is 39.0 Å². The Balaban J connectivity index is 1.72. The van der Waals surface area contributed by atoms with Crippen molar-refractivity contribution >= 4 is 45.8 Å². The van der Waals surface area contributed by atoms with Gasteiger partial charge in [0.05, 0.1) is 5.39 Å². The Morgan fingerprint density at radius 3 is 2.42 bits per heavy atom. The zero-order valence-electron chi connectivity index (χ0n) is 18.3. The van der Waals surface area contributed by atoms with Gasteiger partial charge in [0.25, 0.3) is 5.91 Å². The molecule has 0 fully saturated rings. The largest absolute Gasteiger partial charge is 0.476 e. The van der Waals surface area contributed by atoms with E-state index in [1.54, 1.807) is 36.4 Å². The molecule has 0 saturated heterocycles. The number of hydrogen-bond acceptors (Lipinski definition) is 4. The molecule has 1 amide bonds. The first kappa shape index (κ1) is 22.9. The van der Waals surface area contributed by atoms with Gasteiger partial charge in [0, 0.05) is 21.3 Å². The number of aryl methyl sites for hydroxylation is 3. The predicted octanol–water partition coefficient (Wildman–Crippen LogP) is 6.71. The smallest absolute Gasteiger partial charge is 0.262 e. The second-order valence-corrected chi connectivity index (χ2v) is 8.69. The number of rotatable bonds is 5. The van der Waals surface area contributed by atoms with Crippen molar-refractivity contribution in [1.82, 2.24) is 0 Å². The number of amides is 1. The lowest BCUT2D eigenvalue weighted by Gasteiger charge is -2.13. The normalized spacial score (nSPS) is 10.9. The van der Waals surface area contributed by atoms with Crippen LogP contribution in [0.4, 0.5) is 5.69 Å². The minimum atomic E-state index is -0.414. The molecule has 7 heteroatoms. The highest BCUT2D eigenvalue weighted by atomic mass is 35.5. The fraction of sp³-hybridized carbons (Fsp3) is 0.154. The zero-order valence-corrected chi connectivity index (χ0v) is 19.8. The molecule has 4 rings (SSSR count). The average Bonchev–Trinajstić information content (AvgIpc) is 2.77. The minimum Gasteiger partial charge on any atom is -0.476 e. The first-order valence-corrected chi connectivity index (χ1v) is 11.0. The van der Waals surface area contributed by atoms with E-state index in [0.29, 0.717) is 26.9 Å². The molecule has 0 bridgehead atoms. The van der Waals surface area contributed by atoms with Gasteiger partial charge in [0.15, 0.2) is 12.4 Å². The number of nitrogens with one attached hydrogen (secondary N) is 1. The Morgan fingerprint density at radius 1 is 0.970 bits per heavy atom. The summed E-state index contributed by atoms with van der Waals surface area (Å²) in [6.07, 6.45) is 0. The summed E-state index contributed by atoms with van der Waals surface area (Å²) in [6, 6.07) is 15.8. The van der Waals surface area contributed by atoms with Crippen LogP contribution in [0.5, 0.6) is 5.75 Å². The van der Waals surface area contributed by atoms with Crippen LogP contribution in [-0.2, 0) is 4.79 Å². The lowest BCUT2D eigenvalue weighted by molar-refractivity contribution is -0.118. The van der Waals surface area contributed by atoms with Crippen molar-refractivity contribution in [3.8, 4) is 17.1 Å². The highest BCUT2D eigenvalue weighted by Gasteiger charge is 2.20. The van der Waals surface area contributed by atoms with Crippen LogP contribution in [-0.4, -0.2) is 12.5 Å². The molecule has 5 nitrogen and oxygen atoms in total. The van der Waals surface area contributed by atoms with Crippen molar-refractivity contribution in [2.45, 2.75) is 20.8 Å². The van der Waals surface area contributed by atoms with Crippen LogP contribution in [0.15, 0.2) is 63.8 Å². The molecule has 3 aromatic carbocycles. The minimum absolute atomic E-state index is 0.0687.